The number of rotatable bonds is 2. The molecule has 0 aromatic carbocycles. The minimum atomic E-state index is -0.0846. The normalized spacial score (nSPS) is 42.9. The first-order chi connectivity index (χ1) is 6.68. The molecule has 82 valence electrons. The van der Waals surface area contributed by atoms with Gasteiger partial charge in [0.15, 0.2) is 0 Å². The maximum atomic E-state index is 10.2. The highest BCUT2D eigenvalue weighted by molar-refractivity contribution is 4.95. The molecule has 0 spiro atoms. The summed E-state index contributed by atoms with van der Waals surface area (Å²) in [6.45, 7) is 5.60. The third-order valence-electron chi connectivity index (χ3n) is 3.94. The molecule has 14 heavy (non-hydrogen) atoms. The van der Waals surface area contributed by atoms with Crippen molar-refractivity contribution in [1.82, 2.24) is 5.32 Å². The van der Waals surface area contributed by atoms with Crippen LogP contribution in [-0.4, -0.2) is 23.8 Å². The SMILES string of the molecule is CC(C)C[C@@H]1NC[C@H]2CCC[C@H]2[C@H]1O. The quantitative estimate of drug-likeness (QED) is 0.707. The lowest BCUT2D eigenvalue weighted by atomic mass is 9.81. The molecule has 0 aromatic heterocycles. The number of hydrogen-bond donors (Lipinski definition) is 2. The van der Waals surface area contributed by atoms with E-state index >= 15 is 0 Å². The van der Waals surface area contributed by atoms with Crippen LogP contribution in [0.4, 0.5) is 0 Å². The summed E-state index contributed by atoms with van der Waals surface area (Å²) in [4.78, 5) is 0. The van der Waals surface area contributed by atoms with Gasteiger partial charge in [-0.15, -0.1) is 0 Å². The summed E-state index contributed by atoms with van der Waals surface area (Å²) >= 11 is 0. The van der Waals surface area contributed by atoms with Gasteiger partial charge in [-0.05, 0) is 43.6 Å². The fourth-order valence-electron chi connectivity index (χ4n) is 3.22. The predicted octanol–water partition coefficient (Wildman–Crippen LogP) is 1.78. The fraction of sp³-hybridized carbons (Fsp3) is 1.00. The predicted molar refractivity (Wildman–Crippen MR) is 58.1 cm³/mol. The van der Waals surface area contributed by atoms with E-state index in [9.17, 15) is 5.11 Å². The summed E-state index contributed by atoms with van der Waals surface area (Å²) in [6.07, 6.45) is 4.93. The van der Waals surface area contributed by atoms with Gasteiger partial charge in [0.2, 0.25) is 0 Å². The van der Waals surface area contributed by atoms with Gasteiger partial charge in [-0.2, -0.15) is 0 Å². The summed E-state index contributed by atoms with van der Waals surface area (Å²) in [7, 11) is 0. The van der Waals surface area contributed by atoms with Crippen LogP contribution in [0.5, 0.6) is 0 Å². The first kappa shape index (κ1) is 10.4. The van der Waals surface area contributed by atoms with Crippen molar-refractivity contribution in [3.63, 3.8) is 0 Å². The second-order valence-electron chi connectivity index (χ2n) is 5.49. The number of aliphatic hydroxyl groups is 1. The molecule has 4 atom stereocenters. The molecule has 2 heteroatoms. The Hall–Kier alpha value is -0.0800. The van der Waals surface area contributed by atoms with E-state index in [2.05, 4.69) is 19.2 Å². The van der Waals surface area contributed by atoms with Crippen molar-refractivity contribution in [2.24, 2.45) is 17.8 Å². The van der Waals surface area contributed by atoms with E-state index in [4.69, 9.17) is 0 Å². The van der Waals surface area contributed by atoms with E-state index in [1.807, 2.05) is 0 Å². The van der Waals surface area contributed by atoms with Gasteiger partial charge in [0.05, 0.1) is 6.10 Å². The molecule has 1 saturated heterocycles. The van der Waals surface area contributed by atoms with Crippen LogP contribution in [0, 0.1) is 17.8 Å². The molecule has 0 unspecified atom stereocenters. The molecule has 2 rings (SSSR count). The largest absolute Gasteiger partial charge is 0.391 e. The second-order valence-corrected chi connectivity index (χ2v) is 5.49. The topological polar surface area (TPSA) is 32.3 Å². The zero-order chi connectivity index (χ0) is 10.1. The molecule has 2 fully saturated rings. The molecule has 0 bridgehead atoms. The van der Waals surface area contributed by atoms with Crippen LogP contribution in [-0.2, 0) is 0 Å². The van der Waals surface area contributed by atoms with Gasteiger partial charge >= 0.3 is 0 Å². The average molecular weight is 197 g/mol. The van der Waals surface area contributed by atoms with Crippen molar-refractivity contribution in [2.45, 2.75) is 51.7 Å². The summed E-state index contributed by atoms with van der Waals surface area (Å²) in [5.74, 6) is 2.04. The first-order valence-corrected chi connectivity index (χ1v) is 6.10. The smallest absolute Gasteiger partial charge is 0.0724 e. The van der Waals surface area contributed by atoms with Gasteiger partial charge in [-0.3, -0.25) is 0 Å². The molecule has 0 aromatic rings. The van der Waals surface area contributed by atoms with Crippen LogP contribution in [0.3, 0.4) is 0 Å². The highest BCUT2D eigenvalue weighted by Crippen LogP contribution is 2.38. The Morgan fingerprint density at radius 1 is 1.36 bits per heavy atom. The lowest BCUT2D eigenvalue weighted by molar-refractivity contribution is 0.0155. The van der Waals surface area contributed by atoms with Crippen molar-refractivity contribution >= 4 is 0 Å². The van der Waals surface area contributed by atoms with Gasteiger partial charge in [-0.25, -0.2) is 0 Å². The molecule has 2 aliphatic rings. The highest BCUT2D eigenvalue weighted by atomic mass is 16.3. The fourth-order valence-corrected chi connectivity index (χ4v) is 3.22. The van der Waals surface area contributed by atoms with Gasteiger partial charge in [-0.1, -0.05) is 20.3 Å². The third kappa shape index (κ3) is 1.96. The number of piperidine rings is 1. The average Bonchev–Trinajstić information content (AvgIpc) is 2.57. The van der Waals surface area contributed by atoms with E-state index in [1.165, 1.54) is 19.3 Å². The lowest BCUT2D eigenvalue weighted by Crippen LogP contribution is -2.53. The zero-order valence-electron chi connectivity index (χ0n) is 9.37. The van der Waals surface area contributed by atoms with Crippen molar-refractivity contribution in [3.05, 3.63) is 0 Å². The Balaban J connectivity index is 1.95. The standard InChI is InChI=1S/C12H23NO/c1-8(2)6-11-12(14)10-5-3-4-9(10)7-13-11/h8-14H,3-7H2,1-2H3/t9-,10-,11+,12-/m1/s1. The Morgan fingerprint density at radius 2 is 2.14 bits per heavy atom. The van der Waals surface area contributed by atoms with Crippen molar-refractivity contribution in [3.8, 4) is 0 Å². The monoisotopic (exact) mass is 197 g/mol. The Bertz CT molecular complexity index is 193. The van der Waals surface area contributed by atoms with Crippen molar-refractivity contribution in [1.29, 1.82) is 0 Å². The van der Waals surface area contributed by atoms with E-state index in [0.717, 1.165) is 18.9 Å². The Kier molecular flexibility index (Phi) is 3.13. The van der Waals surface area contributed by atoms with Crippen LogP contribution in [0.25, 0.3) is 0 Å². The zero-order valence-corrected chi connectivity index (χ0v) is 9.37. The molecule has 1 aliphatic carbocycles. The molecule has 0 amide bonds. The number of nitrogens with one attached hydrogen (secondary N) is 1. The molecule has 1 saturated carbocycles. The van der Waals surface area contributed by atoms with E-state index < -0.39 is 0 Å². The highest BCUT2D eigenvalue weighted by Gasteiger charge is 2.40. The maximum Gasteiger partial charge on any atom is 0.0724 e. The molecule has 0 radical (unpaired) electrons. The van der Waals surface area contributed by atoms with Crippen LogP contribution < -0.4 is 5.32 Å². The van der Waals surface area contributed by atoms with E-state index in [1.54, 1.807) is 0 Å². The minimum Gasteiger partial charge on any atom is -0.391 e. The van der Waals surface area contributed by atoms with Crippen molar-refractivity contribution < 1.29 is 5.11 Å². The second kappa shape index (κ2) is 4.19. The number of fused-ring (bicyclic) bond motifs is 1. The van der Waals surface area contributed by atoms with Crippen LogP contribution in [0.2, 0.25) is 0 Å². The van der Waals surface area contributed by atoms with Crippen LogP contribution in [0.1, 0.15) is 39.5 Å². The Morgan fingerprint density at radius 3 is 2.86 bits per heavy atom. The number of aliphatic hydroxyl groups excluding tert-OH is 1. The molecule has 1 aliphatic heterocycles. The van der Waals surface area contributed by atoms with E-state index in [-0.39, 0.29) is 6.10 Å². The molecule has 2 N–H and O–H groups in total. The van der Waals surface area contributed by atoms with Gasteiger partial charge in [0.1, 0.15) is 0 Å². The van der Waals surface area contributed by atoms with Gasteiger partial charge in [0, 0.05) is 6.04 Å². The van der Waals surface area contributed by atoms with Crippen molar-refractivity contribution in [2.75, 3.05) is 6.54 Å². The van der Waals surface area contributed by atoms with E-state index in [0.29, 0.717) is 17.9 Å². The minimum absolute atomic E-state index is 0.0846. The summed E-state index contributed by atoms with van der Waals surface area (Å²) in [6, 6.07) is 0.356. The molecular formula is C12H23NO. The van der Waals surface area contributed by atoms with Gasteiger partial charge < -0.3 is 10.4 Å². The van der Waals surface area contributed by atoms with Crippen LogP contribution in [0.15, 0.2) is 0 Å². The summed E-state index contributed by atoms with van der Waals surface area (Å²) in [5.41, 5.74) is 0. The Labute approximate surface area is 87.1 Å². The van der Waals surface area contributed by atoms with Crippen LogP contribution >= 0.6 is 0 Å². The maximum absolute atomic E-state index is 10.2. The number of hydrogen-bond acceptors (Lipinski definition) is 2. The lowest BCUT2D eigenvalue weighted by Gasteiger charge is -2.38. The summed E-state index contributed by atoms with van der Waals surface area (Å²) < 4.78 is 0. The molecule has 1 heterocycles. The summed E-state index contributed by atoms with van der Waals surface area (Å²) in [5, 5.41) is 13.7. The van der Waals surface area contributed by atoms with Gasteiger partial charge in [0.25, 0.3) is 0 Å². The first-order valence-electron chi connectivity index (χ1n) is 6.10. The molecular weight excluding hydrogens is 174 g/mol. The third-order valence-corrected chi connectivity index (χ3v) is 3.94. The molecule has 2 nitrogen and oxygen atoms in total.